The van der Waals surface area contributed by atoms with Crippen molar-refractivity contribution in [1.29, 1.82) is 0 Å². The Bertz CT molecular complexity index is 890. The van der Waals surface area contributed by atoms with Gasteiger partial charge in [0, 0.05) is 34.6 Å². The number of amides is 1. The van der Waals surface area contributed by atoms with Gasteiger partial charge in [-0.15, -0.1) is 22.7 Å². The van der Waals surface area contributed by atoms with Crippen molar-refractivity contribution in [1.82, 2.24) is 10.2 Å². The summed E-state index contributed by atoms with van der Waals surface area (Å²) in [5.74, 6) is 0.547. The number of nitrogens with zero attached hydrogens (tertiary/aromatic N) is 1. The molecular weight excluding hydrogens is 384 g/mol. The number of thiophene rings is 2. The lowest BCUT2D eigenvalue weighted by molar-refractivity contribution is 0.0935. The second kappa shape index (κ2) is 8.09. The fourth-order valence-electron chi connectivity index (χ4n) is 3.56. The monoisotopic (exact) mass is 404 g/mol. The van der Waals surface area contributed by atoms with E-state index in [2.05, 4.69) is 28.4 Å². The minimum absolute atomic E-state index is 0.0460. The number of hydrogen-bond donors (Lipinski definition) is 1. The number of rotatable bonds is 5. The molecule has 0 saturated carbocycles. The average molecular weight is 405 g/mol. The van der Waals surface area contributed by atoms with Gasteiger partial charge in [-0.05, 0) is 42.8 Å². The van der Waals surface area contributed by atoms with E-state index in [1.807, 2.05) is 23.6 Å². The highest BCUT2D eigenvalue weighted by molar-refractivity contribution is 7.19. The van der Waals surface area contributed by atoms with E-state index >= 15 is 0 Å². The predicted octanol–water partition coefficient (Wildman–Crippen LogP) is 5.26. The smallest absolute Gasteiger partial charge is 0.261 e. The van der Waals surface area contributed by atoms with Crippen LogP contribution in [-0.4, -0.2) is 30.4 Å². The third kappa shape index (κ3) is 3.96. The first-order chi connectivity index (χ1) is 12.7. The molecule has 1 aliphatic rings. The lowest BCUT2D eigenvalue weighted by atomic mass is 9.98. The number of likely N-dealkylation sites (tertiary alicyclic amines) is 1. The number of nitrogens with one attached hydrogen (secondary N) is 1. The van der Waals surface area contributed by atoms with Crippen LogP contribution in [0.3, 0.4) is 0 Å². The number of fused-ring (bicyclic) bond motifs is 1. The van der Waals surface area contributed by atoms with Crippen LogP contribution in [0.4, 0.5) is 0 Å². The minimum Gasteiger partial charge on any atom is -0.351 e. The van der Waals surface area contributed by atoms with Crippen LogP contribution in [0.25, 0.3) is 10.1 Å². The van der Waals surface area contributed by atoms with E-state index in [9.17, 15) is 4.79 Å². The standard InChI is InChI=1S/C20H21ClN2OS2/c21-19-15-6-1-2-7-16(15)26-18(19)13-23-9-3-5-14(12-23)11-22-20(24)17-8-4-10-25-17/h1-2,4,6-8,10,14H,3,5,9,11-13H2,(H,22,24). The Morgan fingerprint density at radius 3 is 2.96 bits per heavy atom. The summed E-state index contributed by atoms with van der Waals surface area (Å²) in [5, 5.41) is 7.09. The summed E-state index contributed by atoms with van der Waals surface area (Å²) in [7, 11) is 0. The topological polar surface area (TPSA) is 32.3 Å². The molecule has 26 heavy (non-hydrogen) atoms. The second-order valence-corrected chi connectivity index (χ2v) is 9.23. The van der Waals surface area contributed by atoms with Gasteiger partial charge >= 0.3 is 0 Å². The first-order valence-corrected chi connectivity index (χ1v) is 11.0. The van der Waals surface area contributed by atoms with Gasteiger partial charge in [0.05, 0.1) is 9.90 Å². The van der Waals surface area contributed by atoms with Crippen LogP contribution in [0.5, 0.6) is 0 Å². The summed E-state index contributed by atoms with van der Waals surface area (Å²) in [6.45, 7) is 3.75. The second-order valence-electron chi connectivity index (χ2n) is 6.77. The molecule has 1 atom stereocenters. The summed E-state index contributed by atoms with van der Waals surface area (Å²) < 4.78 is 1.25. The summed E-state index contributed by atoms with van der Waals surface area (Å²) in [5.41, 5.74) is 0. The normalized spacial score (nSPS) is 18.3. The highest BCUT2D eigenvalue weighted by Gasteiger charge is 2.22. The van der Waals surface area contributed by atoms with Gasteiger partial charge in [-0.1, -0.05) is 35.9 Å². The Hall–Kier alpha value is -1.40. The Morgan fingerprint density at radius 2 is 2.15 bits per heavy atom. The van der Waals surface area contributed by atoms with Crippen molar-refractivity contribution in [2.45, 2.75) is 19.4 Å². The largest absolute Gasteiger partial charge is 0.351 e. The van der Waals surface area contributed by atoms with Crippen LogP contribution in [0.2, 0.25) is 5.02 Å². The zero-order valence-corrected chi connectivity index (χ0v) is 16.8. The number of benzene rings is 1. The minimum atomic E-state index is 0.0460. The fourth-order valence-corrected chi connectivity index (χ4v) is 5.74. The van der Waals surface area contributed by atoms with Gasteiger partial charge in [-0.3, -0.25) is 9.69 Å². The molecule has 0 spiro atoms. The van der Waals surface area contributed by atoms with Gasteiger partial charge in [0.1, 0.15) is 0 Å². The maximum absolute atomic E-state index is 12.1. The van der Waals surface area contributed by atoms with Crippen LogP contribution < -0.4 is 5.32 Å². The Kier molecular flexibility index (Phi) is 5.60. The molecule has 3 nitrogen and oxygen atoms in total. The average Bonchev–Trinajstić information content (AvgIpc) is 3.30. The molecule has 0 aliphatic carbocycles. The molecule has 4 rings (SSSR count). The predicted molar refractivity (Wildman–Crippen MR) is 111 cm³/mol. The molecule has 3 aromatic rings. The van der Waals surface area contributed by atoms with Crippen molar-refractivity contribution in [2.24, 2.45) is 5.92 Å². The molecule has 0 radical (unpaired) electrons. The molecule has 1 fully saturated rings. The lowest BCUT2D eigenvalue weighted by Crippen LogP contribution is -2.40. The number of carbonyl (C=O) groups is 1. The molecule has 136 valence electrons. The highest BCUT2D eigenvalue weighted by Crippen LogP contribution is 2.36. The lowest BCUT2D eigenvalue weighted by Gasteiger charge is -2.32. The highest BCUT2D eigenvalue weighted by atomic mass is 35.5. The van der Waals surface area contributed by atoms with Crippen LogP contribution in [0.1, 0.15) is 27.4 Å². The van der Waals surface area contributed by atoms with Gasteiger partial charge in [-0.25, -0.2) is 0 Å². The van der Waals surface area contributed by atoms with Gasteiger partial charge < -0.3 is 5.32 Å². The Balaban J connectivity index is 1.36. The Morgan fingerprint density at radius 1 is 1.27 bits per heavy atom. The van der Waals surface area contributed by atoms with Crippen LogP contribution in [0.15, 0.2) is 41.8 Å². The van der Waals surface area contributed by atoms with Gasteiger partial charge in [-0.2, -0.15) is 0 Å². The van der Waals surface area contributed by atoms with E-state index in [-0.39, 0.29) is 5.91 Å². The van der Waals surface area contributed by atoms with Crippen LogP contribution in [-0.2, 0) is 6.54 Å². The van der Waals surface area contributed by atoms with Gasteiger partial charge in [0.15, 0.2) is 0 Å². The number of piperidine rings is 1. The molecular formula is C20H21ClN2OS2. The number of carbonyl (C=O) groups excluding carboxylic acids is 1. The fraction of sp³-hybridized carbons (Fsp3) is 0.350. The summed E-state index contributed by atoms with van der Waals surface area (Å²) in [6, 6.07) is 12.1. The molecule has 1 amide bonds. The van der Waals surface area contributed by atoms with E-state index in [0.717, 1.165) is 41.5 Å². The van der Waals surface area contributed by atoms with Crippen molar-refractivity contribution in [3.8, 4) is 0 Å². The molecule has 1 aromatic carbocycles. The van der Waals surface area contributed by atoms with E-state index in [1.54, 1.807) is 11.3 Å². The van der Waals surface area contributed by atoms with Crippen molar-refractivity contribution in [3.63, 3.8) is 0 Å². The van der Waals surface area contributed by atoms with E-state index in [4.69, 9.17) is 11.6 Å². The SMILES string of the molecule is O=C(NCC1CCCN(Cc2sc3ccccc3c2Cl)C1)c1cccs1. The summed E-state index contributed by atoms with van der Waals surface area (Å²) in [4.78, 5) is 16.6. The molecule has 3 heterocycles. The molecule has 2 aromatic heterocycles. The third-order valence-corrected chi connectivity index (χ3v) is 7.44. The first-order valence-electron chi connectivity index (χ1n) is 8.90. The quantitative estimate of drug-likeness (QED) is 0.629. The number of halogens is 1. The van der Waals surface area contributed by atoms with Crippen LogP contribution in [0, 0.1) is 5.92 Å². The van der Waals surface area contributed by atoms with Crippen LogP contribution >= 0.6 is 34.3 Å². The van der Waals surface area contributed by atoms with E-state index < -0.39 is 0 Å². The van der Waals surface area contributed by atoms with Gasteiger partial charge in [0.25, 0.3) is 5.91 Å². The summed E-state index contributed by atoms with van der Waals surface area (Å²) in [6.07, 6.45) is 2.34. The van der Waals surface area contributed by atoms with Crippen molar-refractivity contribution in [2.75, 3.05) is 19.6 Å². The maximum atomic E-state index is 12.1. The molecule has 6 heteroatoms. The first kappa shape index (κ1) is 18.0. The van der Waals surface area contributed by atoms with Gasteiger partial charge in [0.2, 0.25) is 0 Å². The zero-order valence-electron chi connectivity index (χ0n) is 14.4. The molecule has 1 unspecified atom stereocenters. The molecule has 1 aliphatic heterocycles. The third-order valence-electron chi connectivity index (χ3n) is 4.87. The van der Waals surface area contributed by atoms with E-state index in [0.29, 0.717) is 5.92 Å². The van der Waals surface area contributed by atoms with E-state index in [1.165, 1.54) is 33.8 Å². The Labute approximate surface area is 166 Å². The number of hydrogen-bond acceptors (Lipinski definition) is 4. The van der Waals surface area contributed by atoms with Crippen molar-refractivity contribution in [3.05, 3.63) is 56.6 Å². The molecule has 1 saturated heterocycles. The summed E-state index contributed by atoms with van der Waals surface area (Å²) >= 11 is 9.88. The molecule has 1 N–H and O–H groups in total. The molecule has 0 bridgehead atoms. The maximum Gasteiger partial charge on any atom is 0.261 e. The van der Waals surface area contributed by atoms with Crippen molar-refractivity contribution >= 4 is 50.3 Å². The van der Waals surface area contributed by atoms with Crippen molar-refractivity contribution < 1.29 is 4.79 Å². The zero-order chi connectivity index (χ0) is 17.9.